The van der Waals surface area contributed by atoms with Crippen molar-refractivity contribution in [2.75, 3.05) is 24.6 Å². The molecule has 0 fully saturated rings. The zero-order valence-corrected chi connectivity index (χ0v) is 8.66. The van der Waals surface area contributed by atoms with Crippen LogP contribution < -0.4 is 11.5 Å². The molecule has 0 heterocycles. The Hall–Kier alpha value is 0.160. The number of nitrogens with two attached hydrogens (primary N) is 2. The summed E-state index contributed by atoms with van der Waals surface area (Å²) < 4.78 is 22.1. The summed E-state index contributed by atoms with van der Waals surface area (Å²) in [7, 11) is -2.87. The molecule has 0 aromatic rings. The average Bonchev–Trinajstić information content (AvgIpc) is 1.97. The molecule has 0 aromatic carbocycles. The van der Waals surface area contributed by atoms with E-state index in [-0.39, 0.29) is 23.9 Å². The predicted octanol–water partition coefficient (Wildman–Crippen LogP) is -0.479. The summed E-state index contributed by atoms with van der Waals surface area (Å²) in [5, 5.41) is 0. The summed E-state index contributed by atoms with van der Waals surface area (Å²) in [6, 6.07) is 0. The van der Waals surface area contributed by atoms with E-state index >= 15 is 0 Å². The lowest BCUT2D eigenvalue weighted by Crippen LogP contribution is -2.16. The van der Waals surface area contributed by atoms with E-state index in [0.717, 1.165) is 0 Å². The lowest BCUT2D eigenvalue weighted by atomic mass is 10.5. The van der Waals surface area contributed by atoms with Gasteiger partial charge in [-0.1, -0.05) is 0 Å². The van der Waals surface area contributed by atoms with Gasteiger partial charge in [-0.25, -0.2) is 8.42 Å². The molecule has 12 heavy (non-hydrogen) atoms. The van der Waals surface area contributed by atoms with Crippen LogP contribution in [0.4, 0.5) is 0 Å². The molecular weight excluding hydrogens is 200 g/mol. The minimum atomic E-state index is -2.87. The normalized spacial score (nSPS) is 10.8. The quantitative estimate of drug-likeness (QED) is 0.628. The van der Waals surface area contributed by atoms with Gasteiger partial charge in [-0.3, -0.25) is 0 Å². The smallest absolute Gasteiger partial charge is 0.150 e. The summed E-state index contributed by atoms with van der Waals surface area (Å²) >= 11 is 0. The van der Waals surface area contributed by atoms with Gasteiger partial charge in [-0.2, -0.15) is 0 Å². The van der Waals surface area contributed by atoms with Crippen LogP contribution in [0.2, 0.25) is 0 Å². The number of sulfone groups is 1. The maximum atomic E-state index is 11.0. The van der Waals surface area contributed by atoms with Crippen molar-refractivity contribution in [3.63, 3.8) is 0 Å². The highest BCUT2D eigenvalue weighted by Gasteiger charge is 2.07. The largest absolute Gasteiger partial charge is 0.330 e. The van der Waals surface area contributed by atoms with Crippen LogP contribution in [-0.2, 0) is 9.84 Å². The van der Waals surface area contributed by atoms with Crippen LogP contribution in [0.5, 0.6) is 0 Å². The number of hydrogen-bond acceptors (Lipinski definition) is 4. The molecular formula is C6H17ClN2O2S. The molecule has 0 aliphatic heterocycles. The minimum Gasteiger partial charge on any atom is -0.330 e. The Balaban J connectivity index is 0. The van der Waals surface area contributed by atoms with E-state index < -0.39 is 9.84 Å². The van der Waals surface area contributed by atoms with Gasteiger partial charge in [-0.05, 0) is 25.9 Å². The van der Waals surface area contributed by atoms with Crippen molar-refractivity contribution in [3.8, 4) is 0 Å². The highest BCUT2D eigenvalue weighted by atomic mass is 35.5. The molecule has 0 radical (unpaired) electrons. The van der Waals surface area contributed by atoms with Gasteiger partial charge < -0.3 is 11.5 Å². The Morgan fingerprint density at radius 1 is 0.917 bits per heavy atom. The molecule has 0 saturated carbocycles. The number of rotatable bonds is 6. The Morgan fingerprint density at radius 3 is 1.50 bits per heavy atom. The lowest BCUT2D eigenvalue weighted by molar-refractivity contribution is 0.591. The Labute approximate surface area is 80.0 Å². The Morgan fingerprint density at radius 2 is 1.25 bits per heavy atom. The second-order valence-electron chi connectivity index (χ2n) is 2.44. The maximum Gasteiger partial charge on any atom is 0.150 e. The van der Waals surface area contributed by atoms with E-state index in [2.05, 4.69) is 0 Å². The molecule has 0 spiro atoms. The molecule has 4 N–H and O–H groups in total. The molecule has 0 bridgehead atoms. The van der Waals surface area contributed by atoms with Gasteiger partial charge in [0, 0.05) is 0 Å². The second kappa shape index (κ2) is 7.79. The van der Waals surface area contributed by atoms with Gasteiger partial charge in [0.15, 0.2) is 0 Å². The van der Waals surface area contributed by atoms with Crippen LogP contribution in [0.25, 0.3) is 0 Å². The van der Waals surface area contributed by atoms with Gasteiger partial charge >= 0.3 is 0 Å². The van der Waals surface area contributed by atoms with Crippen molar-refractivity contribution < 1.29 is 8.42 Å². The Kier molecular flexibility index (Phi) is 9.53. The van der Waals surface area contributed by atoms with Crippen molar-refractivity contribution in [2.45, 2.75) is 12.8 Å². The van der Waals surface area contributed by atoms with Crippen molar-refractivity contribution >= 4 is 22.2 Å². The summed E-state index contributed by atoms with van der Waals surface area (Å²) in [4.78, 5) is 0. The highest BCUT2D eigenvalue weighted by Crippen LogP contribution is 1.94. The molecule has 0 aromatic heterocycles. The first kappa shape index (κ1) is 14.7. The van der Waals surface area contributed by atoms with E-state index in [1.165, 1.54) is 0 Å². The monoisotopic (exact) mass is 216 g/mol. The minimum absolute atomic E-state index is 0. The van der Waals surface area contributed by atoms with Crippen LogP contribution >= 0.6 is 12.4 Å². The van der Waals surface area contributed by atoms with Crippen LogP contribution in [-0.4, -0.2) is 33.0 Å². The molecule has 4 nitrogen and oxygen atoms in total. The van der Waals surface area contributed by atoms with Crippen molar-refractivity contribution in [1.82, 2.24) is 0 Å². The third kappa shape index (κ3) is 8.26. The van der Waals surface area contributed by atoms with Gasteiger partial charge in [-0.15, -0.1) is 12.4 Å². The average molecular weight is 217 g/mol. The van der Waals surface area contributed by atoms with E-state index in [1.807, 2.05) is 0 Å². The molecule has 76 valence electrons. The fourth-order valence-electron chi connectivity index (χ4n) is 0.709. The SMILES string of the molecule is Cl.NCCCS(=O)(=O)CCCN. The van der Waals surface area contributed by atoms with E-state index in [4.69, 9.17) is 11.5 Å². The summed E-state index contributed by atoms with van der Waals surface area (Å²) in [6.45, 7) is 0.865. The zero-order chi connectivity index (χ0) is 8.74. The first-order valence-electron chi connectivity index (χ1n) is 3.73. The molecule has 0 atom stereocenters. The van der Waals surface area contributed by atoms with Gasteiger partial charge in [0.1, 0.15) is 9.84 Å². The third-order valence-corrected chi connectivity index (χ3v) is 3.14. The fraction of sp³-hybridized carbons (Fsp3) is 1.00. The van der Waals surface area contributed by atoms with Crippen LogP contribution in [0.1, 0.15) is 12.8 Å². The van der Waals surface area contributed by atoms with Crippen LogP contribution in [0.3, 0.4) is 0 Å². The van der Waals surface area contributed by atoms with E-state index in [1.54, 1.807) is 0 Å². The van der Waals surface area contributed by atoms with Crippen molar-refractivity contribution in [2.24, 2.45) is 11.5 Å². The van der Waals surface area contributed by atoms with Crippen LogP contribution in [0.15, 0.2) is 0 Å². The van der Waals surface area contributed by atoms with Gasteiger partial charge in [0.05, 0.1) is 11.5 Å². The Bertz CT molecular complexity index is 168. The summed E-state index contributed by atoms with van der Waals surface area (Å²) in [6.07, 6.45) is 1.10. The predicted molar refractivity (Wildman–Crippen MR) is 53.2 cm³/mol. The second-order valence-corrected chi connectivity index (χ2v) is 4.74. The molecule has 0 saturated heterocycles. The zero-order valence-electron chi connectivity index (χ0n) is 7.03. The molecule has 0 aliphatic carbocycles. The molecule has 0 amide bonds. The standard InChI is InChI=1S/C6H16N2O2S.ClH/c7-3-1-5-11(9,10)6-2-4-8;/h1-8H2;1H. The third-order valence-electron chi connectivity index (χ3n) is 1.32. The highest BCUT2D eigenvalue weighted by molar-refractivity contribution is 7.91. The molecule has 0 aliphatic rings. The molecule has 0 unspecified atom stereocenters. The van der Waals surface area contributed by atoms with E-state index in [0.29, 0.717) is 25.9 Å². The number of halogens is 1. The van der Waals surface area contributed by atoms with E-state index in [9.17, 15) is 8.42 Å². The summed E-state index contributed by atoms with van der Waals surface area (Å²) in [5.74, 6) is 0.396. The van der Waals surface area contributed by atoms with Crippen molar-refractivity contribution in [1.29, 1.82) is 0 Å². The lowest BCUT2D eigenvalue weighted by Gasteiger charge is -2.00. The fourth-order valence-corrected chi connectivity index (χ4v) is 2.13. The maximum absolute atomic E-state index is 11.0. The van der Waals surface area contributed by atoms with Gasteiger partial charge in [0.2, 0.25) is 0 Å². The molecule has 6 heteroatoms. The molecule has 0 rings (SSSR count). The van der Waals surface area contributed by atoms with Gasteiger partial charge in [0.25, 0.3) is 0 Å². The number of hydrogen-bond donors (Lipinski definition) is 2. The first-order chi connectivity index (χ1) is 5.12. The first-order valence-corrected chi connectivity index (χ1v) is 5.55. The topological polar surface area (TPSA) is 86.2 Å². The van der Waals surface area contributed by atoms with Crippen LogP contribution in [0, 0.1) is 0 Å². The van der Waals surface area contributed by atoms with Crippen molar-refractivity contribution in [3.05, 3.63) is 0 Å². The summed E-state index contributed by atoms with van der Waals surface area (Å²) in [5.41, 5.74) is 10.4.